The van der Waals surface area contributed by atoms with Crippen LogP contribution in [-0.4, -0.2) is 30.8 Å². The third-order valence-electron chi connectivity index (χ3n) is 6.34. The highest BCUT2D eigenvalue weighted by Gasteiger charge is 2.41. The molecule has 0 bridgehead atoms. The predicted molar refractivity (Wildman–Crippen MR) is 141 cm³/mol. The normalized spacial score (nSPS) is 13.5. The summed E-state index contributed by atoms with van der Waals surface area (Å²) in [5.41, 5.74) is 0.368. The molecule has 0 saturated heterocycles. The quantitative estimate of drug-likeness (QED) is 0.224. The Bertz CT molecular complexity index is 1600. The molecule has 0 atom stereocenters. The molecule has 1 aliphatic rings. The minimum absolute atomic E-state index is 0.0759. The molecular formula is C29H23ClF3NO6. The Morgan fingerprint density at radius 3 is 2.45 bits per heavy atom. The second-order valence-electron chi connectivity index (χ2n) is 9.06. The fraction of sp³-hybridized carbons (Fsp3) is 0.241. The van der Waals surface area contributed by atoms with Crippen LogP contribution in [0, 0.1) is 0 Å². The molecule has 208 valence electrons. The van der Waals surface area contributed by atoms with E-state index in [4.69, 9.17) is 30.2 Å². The van der Waals surface area contributed by atoms with Crippen LogP contribution in [0.2, 0.25) is 5.02 Å². The zero-order chi connectivity index (χ0) is 28.4. The molecule has 3 aromatic carbocycles. The molecule has 4 aromatic rings. The van der Waals surface area contributed by atoms with Crippen LogP contribution < -0.4 is 14.9 Å². The van der Waals surface area contributed by atoms with E-state index in [1.54, 1.807) is 19.1 Å². The van der Waals surface area contributed by atoms with E-state index in [1.165, 1.54) is 36.4 Å². The van der Waals surface area contributed by atoms with E-state index in [9.17, 15) is 22.8 Å². The summed E-state index contributed by atoms with van der Waals surface area (Å²) < 4.78 is 63.9. The number of ether oxygens (including phenoxy) is 3. The second kappa shape index (κ2) is 11.2. The van der Waals surface area contributed by atoms with Gasteiger partial charge in [0.2, 0.25) is 11.2 Å². The maximum Gasteiger partial charge on any atom is 0.453 e. The Morgan fingerprint density at radius 1 is 1.05 bits per heavy atom. The van der Waals surface area contributed by atoms with Gasteiger partial charge in [-0.2, -0.15) is 13.2 Å². The molecule has 0 saturated carbocycles. The van der Waals surface area contributed by atoms with Gasteiger partial charge in [0.15, 0.2) is 0 Å². The van der Waals surface area contributed by atoms with Gasteiger partial charge >= 0.3 is 12.1 Å². The molecule has 0 spiro atoms. The number of hydrogen-bond acceptors (Lipinski definition) is 7. The maximum absolute atomic E-state index is 14.1. The van der Waals surface area contributed by atoms with Crippen LogP contribution in [0.25, 0.3) is 11.0 Å². The average molecular weight is 574 g/mol. The summed E-state index contributed by atoms with van der Waals surface area (Å²) in [4.78, 5) is 27.1. The lowest BCUT2D eigenvalue weighted by Gasteiger charge is -2.29. The van der Waals surface area contributed by atoms with Crippen molar-refractivity contribution in [1.29, 1.82) is 0 Å². The van der Waals surface area contributed by atoms with Crippen molar-refractivity contribution in [3.8, 4) is 17.2 Å². The Kier molecular flexibility index (Phi) is 7.73. The van der Waals surface area contributed by atoms with Gasteiger partial charge in [-0.3, -0.25) is 9.69 Å². The largest absolute Gasteiger partial charge is 0.478 e. The van der Waals surface area contributed by atoms with Crippen molar-refractivity contribution in [3.63, 3.8) is 0 Å². The van der Waals surface area contributed by atoms with Gasteiger partial charge in [-0.25, -0.2) is 4.79 Å². The first-order chi connectivity index (χ1) is 19.1. The number of carbonyl (C=O) groups excluding carboxylic acids is 1. The van der Waals surface area contributed by atoms with Gasteiger partial charge in [-0.1, -0.05) is 23.7 Å². The standard InChI is InChI=1S/C29H23ClF3NO6/c1-2-37-28(36)18-5-9-20(10-6-18)39-26-24(35)21-11-12-23-22(25(21)40-27(26)29(31,32)33)15-34(16-38-23)14-13-17-3-7-19(30)8-4-17/h3-12H,2,13-16H2,1H3. The lowest BCUT2D eigenvalue weighted by Crippen LogP contribution is -2.34. The molecule has 1 aromatic heterocycles. The fourth-order valence-corrected chi connectivity index (χ4v) is 4.47. The van der Waals surface area contributed by atoms with Gasteiger partial charge in [0.05, 0.1) is 23.1 Å². The van der Waals surface area contributed by atoms with E-state index in [-0.39, 0.29) is 42.2 Å². The molecule has 11 heteroatoms. The molecule has 5 rings (SSSR count). The van der Waals surface area contributed by atoms with Crippen molar-refractivity contribution in [2.24, 2.45) is 0 Å². The van der Waals surface area contributed by atoms with E-state index < -0.39 is 29.1 Å². The molecule has 0 fully saturated rings. The van der Waals surface area contributed by atoms with Crippen LogP contribution in [0.1, 0.15) is 34.2 Å². The number of fused-ring (bicyclic) bond motifs is 3. The van der Waals surface area contributed by atoms with Gasteiger partial charge in [-0.15, -0.1) is 0 Å². The van der Waals surface area contributed by atoms with Crippen LogP contribution in [0.5, 0.6) is 17.2 Å². The van der Waals surface area contributed by atoms with Crippen LogP contribution >= 0.6 is 11.6 Å². The van der Waals surface area contributed by atoms with Crippen molar-refractivity contribution in [1.82, 2.24) is 4.90 Å². The molecule has 7 nitrogen and oxygen atoms in total. The summed E-state index contributed by atoms with van der Waals surface area (Å²) in [7, 11) is 0. The molecule has 0 aliphatic carbocycles. The Hall–Kier alpha value is -4.02. The van der Waals surface area contributed by atoms with Crippen LogP contribution in [0.3, 0.4) is 0 Å². The summed E-state index contributed by atoms with van der Waals surface area (Å²) in [5.74, 6) is -2.90. The Morgan fingerprint density at radius 2 is 1.77 bits per heavy atom. The highest BCUT2D eigenvalue weighted by atomic mass is 35.5. The summed E-state index contributed by atoms with van der Waals surface area (Å²) >= 11 is 5.94. The van der Waals surface area contributed by atoms with Crippen LogP contribution in [0.15, 0.2) is 69.9 Å². The summed E-state index contributed by atoms with van der Waals surface area (Å²) in [6.45, 7) is 2.81. The van der Waals surface area contributed by atoms with Gasteiger partial charge in [-0.05, 0) is 67.4 Å². The molecule has 2 heterocycles. The van der Waals surface area contributed by atoms with E-state index in [0.717, 1.165) is 5.56 Å². The first-order valence-corrected chi connectivity index (χ1v) is 12.8. The van der Waals surface area contributed by atoms with Crippen LogP contribution in [-0.2, 0) is 23.9 Å². The van der Waals surface area contributed by atoms with Gasteiger partial charge in [0, 0.05) is 18.1 Å². The molecule has 1 aliphatic heterocycles. The average Bonchev–Trinajstić information content (AvgIpc) is 2.93. The van der Waals surface area contributed by atoms with Gasteiger partial charge < -0.3 is 18.6 Å². The topological polar surface area (TPSA) is 78.2 Å². The van der Waals surface area contributed by atoms with Crippen molar-refractivity contribution in [3.05, 3.63) is 98.4 Å². The third-order valence-corrected chi connectivity index (χ3v) is 6.59. The van der Waals surface area contributed by atoms with Crippen molar-refractivity contribution < 1.29 is 36.6 Å². The molecule has 0 radical (unpaired) electrons. The summed E-state index contributed by atoms with van der Waals surface area (Å²) in [6.07, 6.45) is -4.37. The first-order valence-electron chi connectivity index (χ1n) is 12.4. The second-order valence-corrected chi connectivity index (χ2v) is 9.49. The van der Waals surface area contributed by atoms with Crippen molar-refractivity contribution >= 4 is 28.5 Å². The molecular weight excluding hydrogens is 551 g/mol. The van der Waals surface area contributed by atoms with Crippen molar-refractivity contribution in [2.45, 2.75) is 26.1 Å². The SMILES string of the molecule is CCOC(=O)c1ccc(Oc2c(C(F)(F)F)oc3c4c(ccc3c2=O)OCN(CCc2ccc(Cl)cc2)C4)cc1. The molecule has 0 unspecified atom stereocenters. The highest BCUT2D eigenvalue weighted by Crippen LogP contribution is 2.41. The minimum atomic E-state index is -5.03. The third kappa shape index (κ3) is 5.78. The van der Waals surface area contributed by atoms with E-state index >= 15 is 0 Å². The molecule has 40 heavy (non-hydrogen) atoms. The van der Waals surface area contributed by atoms with Gasteiger partial charge in [0.25, 0.3) is 5.76 Å². The molecule has 0 amide bonds. The minimum Gasteiger partial charge on any atom is -0.478 e. The zero-order valence-corrected chi connectivity index (χ0v) is 22.0. The first kappa shape index (κ1) is 27.5. The number of nitrogens with zero attached hydrogens (tertiary/aromatic N) is 1. The van der Waals surface area contributed by atoms with Crippen LogP contribution in [0.4, 0.5) is 13.2 Å². The summed E-state index contributed by atoms with van der Waals surface area (Å²) in [6, 6.07) is 15.5. The van der Waals surface area contributed by atoms with E-state index in [0.29, 0.717) is 29.3 Å². The van der Waals surface area contributed by atoms with E-state index in [2.05, 4.69) is 0 Å². The Labute approximate surface area is 231 Å². The number of rotatable bonds is 7. The van der Waals surface area contributed by atoms with Gasteiger partial charge in [0.1, 0.15) is 23.8 Å². The summed E-state index contributed by atoms with van der Waals surface area (Å²) in [5, 5.41) is 0.547. The zero-order valence-electron chi connectivity index (χ0n) is 21.2. The molecule has 0 N–H and O–H groups in total. The predicted octanol–water partition coefficient (Wildman–Crippen LogP) is 6.83. The maximum atomic E-state index is 14.1. The van der Waals surface area contributed by atoms with E-state index in [1.807, 2.05) is 17.0 Å². The number of benzene rings is 3. The van der Waals surface area contributed by atoms with Crippen molar-refractivity contribution in [2.75, 3.05) is 19.9 Å². The number of alkyl halides is 3. The number of halogens is 4. The lowest BCUT2D eigenvalue weighted by atomic mass is 10.1. The number of carbonyl (C=O) groups is 1. The fourth-order valence-electron chi connectivity index (χ4n) is 4.35. The highest BCUT2D eigenvalue weighted by molar-refractivity contribution is 6.30. The monoisotopic (exact) mass is 573 g/mol. The number of esters is 1. The Balaban J connectivity index is 1.47. The number of hydrogen-bond donors (Lipinski definition) is 0. The smallest absolute Gasteiger partial charge is 0.453 e. The lowest BCUT2D eigenvalue weighted by molar-refractivity contribution is -0.154.